The average molecular weight is 468 g/mol. The van der Waals surface area contributed by atoms with Crippen LogP contribution in [-0.4, -0.2) is 103 Å². The number of nitrogens with zero attached hydrogens (tertiary/aromatic N) is 5. The lowest BCUT2D eigenvalue weighted by molar-refractivity contribution is -0.148. The number of methoxy groups -OCH3 is 1. The highest BCUT2D eigenvalue weighted by Crippen LogP contribution is 2.36. The van der Waals surface area contributed by atoms with Crippen molar-refractivity contribution in [2.75, 3.05) is 38.2 Å². The van der Waals surface area contributed by atoms with Crippen molar-refractivity contribution in [3.05, 3.63) is 12.7 Å². The van der Waals surface area contributed by atoms with Crippen LogP contribution in [0.25, 0.3) is 11.2 Å². The van der Waals surface area contributed by atoms with Crippen LogP contribution < -0.4 is 11.5 Å². The predicted molar refractivity (Wildman–Crippen MR) is 118 cm³/mol. The van der Waals surface area contributed by atoms with Crippen LogP contribution in [-0.2, 0) is 14.3 Å². The van der Waals surface area contributed by atoms with Crippen molar-refractivity contribution >= 4 is 34.7 Å². The fourth-order valence-corrected chi connectivity index (χ4v) is 5.66. The molecule has 12 nitrogen and oxygen atoms in total. The second-order valence-electron chi connectivity index (χ2n) is 7.97. The molecule has 0 bridgehead atoms. The van der Waals surface area contributed by atoms with Gasteiger partial charge in [0.1, 0.15) is 30.1 Å². The lowest BCUT2D eigenvalue weighted by Crippen LogP contribution is -2.50. The van der Waals surface area contributed by atoms with Crippen molar-refractivity contribution in [1.29, 1.82) is 0 Å². The van der Waals surface area contributed by atoms with Crippen LogP contribution in [0.5, 0.6) is 0 Å². The second kappa shape index (κ2) is 9.85. The van der Waals surface area contributed by atoms with Gasteiger partial charge in [-0.25, -0.2) is 15.0 Å². The zero-order chi connectivity index (χ0) is 22.8. The number of carbonyl (C=O) groups excluding carboxylic acids is 1. The van der Waals surface area contributed by atoms with Gasteiger partial charge in [0.25, 0.3) is 0 Å². The van der Waals surface area contributed by atoms with E-state index in [0.29, 0.717) is 36.4 Å². The third-order valence-electron chi connectivity index (χ3n) is 6.05. The molecule has 0 amide bonds. The Kier molecular flexibility index (Phi) is 7.12. The first-order chi connectivity index (χ1) is 15.4. The Balaban J connectivity index is 1.40. The van der Waals surface area contributed by atoms with Gasteiger partial charge in [-0.05, 0) is 12.8 Å². The standard InChI is InChI=1S/C19H29N7O5S/c1-30-19(29)11-6-10(2-4-25(11)5-3-20)32-7-12-14(27)15(28)18(31-12)26-9-24-13-16(21)22-8-23-17(13)26/h8-12,14-15,18,27-28H,2-7,20H2,1H3,(H2,21,22,23)/t10?,11?,12-,14?,15?,18-/m1/s1. The van der Waals surface area contributed by atoms with Gasteiger partial charge in [0.05, 0.1) is 19.5 Å². The van der Waals surface area contributed by atoms with Crippen LogP contribution in [0.2, 0.25) is 0 Å². The number of imidazole rings is 1. The fourth-order valence-electron chi connectivity index (χ4n) is 4.33. The molecular weight excluding hydrogens is 438 g/mol. The van der Waals surface area contributed by atoms with Crippen molar-refractivity contribution in [2.45, 2.75) is 48.7 Å². The third-order valence-corrected chi connectivity index (χ3v) is 7.47. The van der Waals surface area contributed by atoms with Gasteiger partial charge >= 0.3 is 5.97 Å². The minimum absolute atomic E-state index is 0.196. The molecule has 2 fully saturated rings. The van der Waals surface area contributed by atoms with E-state index in [-0.39, 0.29) is 23.1 Å². The summed E-state index contributed by atoms with van der Waals surface area (Å²) in [4.78, 5) is 26.6. The summed E-state index contributed by atoms with van der Waals surface area (Å²) in [5, 5.41) is 21.4. The predicted octanol–water partition coefficient (Wildman–Crippen LogP) is -1.27. The van der Waals surface area contributed by atoms with E-state index < -0.39 is 24.5 Å². The molecule has 2 aromatic rings. The van der Waals surface area contributed by atoms with Gasteiger partial charge in [-0.1, -0.05) is 0 Å². The van der Waals surface area contributed by atoms with Gasteiger partial charge in [-0.2, -0.15) is 11.8 Å². The summed E-state index contributed by atoms with van der Waals surface area (Å²) in [5.41, 5.74) is 12.3. The van der Waals surface area contributed by atoms with Crippen molar-refractivity contribution in [2.24, 2.45) is 5.73 Å². The maximum atomic E-state index is 12.2. The molecule has 0 saturated carbocycles. The highest BCUT2D eigenvalue weighted by atomic mass is 32.2. The molecule has 4 rings (SSSR count). The number of anilines is 1. The molecule has 4 heterocycles. The number of likely N-dealkylation sites (tertiary alicyclic amines) is 1. The molecule has 2 aliphatic heterocycles. The molecule has 32 heavy (non-hydrogen) atoms. The summed E-state index contributed by atoms with van der Waals surface area (Å²) in [6.45, 7) is 1.87. The van der Waals surface area contributed by atoms with Gasteiger partial charge in [-0.15, -0.1) is 0 Å². The second-order valence-corrected chi connectivity index (χ2v) is 9.31. The highest BCUT2D eigenvalue weighted by molar-refractivity contribution is 7.99. The van der Waals surface area contributed by atoms with E-state index in [1.54, 1.807) is 16.3 Å². The number of nitrogens with two attached hydrogens (primary N) is 2. The Hall–Kier alpha value is -2.03. The zero-order valence-corrected chi connectivity index (χ0v) is 18.6. The SMILES string of the molecule is COC(=O)C1CC(SC[C@H]2O[C@@H](n3cnc4c(N)ncnc43)C(O)C2O)CCN1CCN. The van der Waals surface area contributed by atoms with Crippen LogP contribution >= 0.6 is 11.8 Å². The number of thioether (sulfide) groups is 1. The molecule has 0 aromatic carbocycles. The van der Waals surface area contributed by atoms with Crippen LogP contribution in [0.15, 0.2) is 12.7 Å². The Labute approximate surface area is 189 Å². The molecule has 13 heteroatoms. The third kappa shape index (κ3) is 4.40. The van der Waals surface area contributed by atoms with E-state index in [1.165, 1.54) is 19.8 Å². The van der Waals surface area contributed by atoms with Crippen LogP contribution in [0, 0.1) is 0 Å². The Morgan fingerprint density at radius 2 is 2.16 bits per heavy atom. The largest absolute Gasteiger partial charge is 0.468 e. The molecule has 2 aromatic heterocycles. The van der Waals surface area contributed by atoms with E-state index in [1.807, 2.05) is 0 Å². The van der Waals surface area contributed by atoms with Crippen LogP contribution in [0.4, 0.5) is 5.82 Å². The molecule has 0 aliphatic carbocycles. The smallest absolute Gasteiger partial charge is 0.323 e. The average Bonchev–Trinajstić information content (AvgIpc) is 3.35. The van der Waals surface area contributed by atoms with Gasteiger partial charge in [0.15, 0.2) is 17.7 Å². The number of rotatable bonds is 7. The van der Waals surface area contributed by atoms with E-state index in [2.05, 4.69) is 19.9 Å². The molecule has 2 aliphatic rings. The van der Waals surface area contributed by atoms with E-state index >= 15 is 0 Å². The Morgan fingerprint density at radius 1 is 1.34 bits per heavy atom. The van der Waals surface area contributed by atoms with E-state index in [0.717, 1.165) is 13.0 Å². The monoisotopic (exact) mass is 467 g/mol. The number of ether oxygens (including phenoxy) is 2. The quantitative estimate of drug-likeness (QED) is 0.356. The first-order valence-corrected chi connectivity index (χ1v) is 11.6. The zero-order valence-electron chi connectivity index (χ0n) is 17.8. The molecule has 4 unspecified atom stereocenters. The summed E-state index contributed by atoms with van der Waals surface area (Å²) in [7, 11) is 1.39. The molecule has 6 atom stereocenters. The van der Waals surface area contributed by atoms with E-state index in [9.17, 15) is 15.0 Å². The minimum Gasteiger partial charge on any atom is -0.468 e. The molecule has 0 radical (unpaired) electrons. The van der Waals surface area contributed by atoms with Crippen molar-refractivity contribution in [3.8, 4) is 0 Å². The first-order valence-electron chi connectivity index (χ1n) is 10.5. The highest BCUT2D eigenvalue weighted by Gasteiger charge is 2.45. The first kappa shape index (κ1) is 23.1. The van der Waals surface area contributed by atoms with Gasteiger partial charge in [-0.3, -0.25) is 14.3 Å². The summed E-state index contributed by atoms with van der Waals surface area (Å²) in [5.74, 6) is 0.438. The Morgan fingerprint density at radius 3 is 2.91 bits per heavy atom. The van der Waals surface area contributed by atoms with Crippen molar-refractivity contribution < 1.29 is 24.5 Å². The summed E-state index contributed by atoms with van der Waals surface area (Å²) in [6, 6.07) is -0.329. The molecule has 6 N–H and O–H groups in total. The molecule has 176 valence electrons. The number of nitrogen functional groups attached to an aromatic ring is 1. The lowest BCUT2D eigenvalue weighted by atomic mass is 10.0. The number of aliphatic hydroxyl groups excluding tert-OH is 2. The fraction of sp³-hybridized carbons (Fsp3) is 0.684. The van der Waals surface area contributed by atoms with Gasteiger partial charge < -0.3 is 31.2 Å². The maximum Gasteiger partial charge on any atom is 0.323 e. The minimum atomic E-state index is -1.15. The van der Waals surface area contributed by atoms with Gasteiger partial charge in [0.2, 0.25) is 0 Å². The number of aromatic nitrogens is 4. The molecule has 0 spiro atoms. The lowest BCUT2D eigenvalue weighted by Gasteiger charge is -2.37. The Bertz CT molecular complexity index is 946. The van der Waals surface area contributed by atoms with Crippen molar-refractivity contribution in [3.63, 3.8) is 0 Å². The number of esters is 1. The normalized spacial score (nSPS) is 31.2. The van der Waals surface area contributed by atoms with Gasteiger partial charge in [0, 0.05) is 30.6 Å². The molecular formula is C19H29N7O5S. The van der Waals surface area contributed by atoms with E-state index in [4.69, 9.17) is 20.9 Å². The number of hydrogen-bond donors (Lipinski definition) is 4. The number of aliphatic hydroxyl groups is 2. The van der Waals surface area contributed by atoms with Crippen LogP contribution in [0.3, 0.4) is 0 Å². The van der Waals surface area contributed by atoms with Crippen LogP contribution in [0.1, 0.15) is 19.1 Å². The van der Waals surface area contributed by atoms with Crippen molar-refractivity contribution in [1.82, 2.24) is 24.4 Å². The number of fused-ring (bicyclic) bond motifs is 1. The summed E-state index contributed by atoms with van der Waals surface area (Å²) < 4.78 is 12.5. The maximum absolute atomic E-state index is 12.2. The number of hydrogen-bond acceptors (Lipinski definition) is 12. The molecule has 2 saturated heterocycles. The topological polar surface area (TPSA) is 175 Å². The number of carbonyl (C=O) groups is 1. The number of piperidine rings is 1. The summed E-state index contributed by atoms with van der Waals surface area (Å²) in [6.07, 6.45) is 0.653. The summed E-state index contributed by atoms with van der Waals surface area (Å²) >= 11 is 1.63.